The lowest BCUT2D eigenvalue weighted by Crippen LogP contribution is -2.46. The Hall–Kier alpha value is -2.08. The Morgan fingerprint density at radius 3 is 2.29 bits per heavy atom. The van der Waals surface area contributed by atoms with Crippen LogP contribution in [0.3, 0.4) is 0 Å². The molecule has 1 aliphatic rings. The minimum absolute atomic E-state index is 0.185. The van der Waals surface area contributed by atoms with Crippen LogP contribution in [0.5, 0.6) is 0 Å². The molecule has 0 aliphatic carbocycles. The molecule has 2 amide bonds. The van der Waals surface area contributed by atoms with Crippen LogP contribution in [0.4, 0.5) is 0 Å². The second-order valence-electron chi connectivity index (χ2n) is 7.43. The first kappa shape index (κ1) is 22.2. The van der Waals surface area contributed by atoms with Gasteiger partial charge in [-0.05, 0) is 30.9 Å². The fourth-order valence-electron chi connectivity index (χ4n) is 3.17. The van der Waals surface area contributed by atoms with E-state index in [1.54, 1.807) is 43.0 Å². The Bertz CT molecular complexity index is 685. The van der Waals surface area contributed by atoms with Gasteiger partial charge in [0.1, 0.15) is 6.04 Å². The van der Waals surface area contributed by atoms with Crippen LogP contribution in [0.1, 0.15) is 56.3 Å². The Morgan fingerprint density at radius 1 is 1.07 bits per heavy atom. The van der Waals surface area contributed by atoms with Crippen molar-refractivity contribution in [1.29, 1.82) is 0 Å². The highest BCUT2D eigenvalue weighted by Crippen LogP contribution is 2.16. The van der Waals surface area contributed by atoms with Gasteiger partial charge in [-0.15, -0.1) is 0 Å². The van der Waals surface area contributed by atoms with Crippen molar-refractivity contribution in [2.24, 2.45) is 5.92 Å². The van der Waals surface area contributed by atoms with Crippen LogP contribution in [-0.4, -0.2) is 48.4 Å². The first-order chi connectivity index (χ1) is 13.4. The second kappa shape index (κ2) is 11.1. The average Bonchev–Trinajstić information content (AvgIpc) is 2.63. The molecule has 1 aromatic carbocycles. The van der Waals surface area contributed by atoms with E-state index < -0.39 is 17.9 Å². The molecule has 0 spiro atoms. The van der Waals surface area contributed by atoms with E-state index in [2.05, 4.69) is 5.32 Å². The molecule has 1 aliphatic heterocycles. The van der Waals surface area contributed by atoms with Crippen molar-refractivity contribution in [3.63, 3.8) is 0 Å². The lowest BCUT2D eigenvalue weighted by atomic mass is 10.0. The Morgan fingerprint density at radius 2 is 1.68 bits per heavy atom. The van der Waals surface area contributed by atoms with Gasteiger partial charge in [-0.25, -0.2) is 4.79 Å². The van der Waals surface area contributed by atoms with Crippen molar-refractivity contribution in [2.45, 2.75) is 52.0 Å². The number of nitrogens with one attached hydrogen (secondary N) is 1. The Balaban J connectivity index is 1.92. The van der Waals surface area contributed by atoms with Gasteiger partial charge >= 0.3 is 5.97 Å². The monoisotopic (exact) mass is 408 g/mol. The summed E-state index contributed by atoms with van der Waals surface area (Å²) >= 11 is 6.05. The topological polar surface area (TPSA) is 75.7 Å². The fourth-order valence-corrected chi connectivity index (χ4v) is 3.39. The van der Waals surface area contributed by atoms with Crippen LogP contribution in [-0.2, 0) is 14.3 Å². The fraction of sp³-hybridized carbons (Fsp3) is 0.571. The quantitative estimate of drug-likeness (QED) is 0.731. The van der Waals surface area contributed by atoms with Crippen molar-refractivity contribution in [3.8, 4) is 0 Å². The Kier molecular flexibility index (Phi) is 8.77. The van der Waals surface area contributed by atoms with Gasteiger partial charge in [-0.3, -0.25) is 9.59 Å². The van der Waals surface area contributed by atoms with Gasteiger partial charge in [0.2, 0.25) is 0 Å². The molecule has 7 heteroatoms. The maximum absolute atomic E-state index is 12.5. The van der Waals surface area contributed by atoms with E-state index in [1.165, 1.54) is 6.42 Å². The van der Waals surface area contributed by atoms with E-state index in [-0.39, 0.29) is 18.4 Å². The highest BCUT2D eigenvalue weighted by molar-refractivity contribution is 6.33. The number of amides is 2. The molecule has 0 bridgehead atoms. The molecule has 0 radical (unpaired) electrons. The number of hydrogen-bond acceptors (Lipinski definition) is 4. The van der Waals surface area contributed by atoms with Crippen molar-refractivity contribution in [3.05, 3.63) is 34.9 Å². The third-order valence-corrected chi connectivity index (χ3v) is 5.20. The molecule has 1 N–H and O–H groups in total. The number of carbonyl (C=O) groups is 3. The molecule has 1 fully saturated rings. The van der Waals surface area contributed by atoms with Crippen LogP contribution in [0, 0.1) is 5.92 Å². The van der Waals surface area contributed by atoms with Gasteiger partial charge in [0, 0.05) is 13.1 Å². The molecular weight excluding hydrogens is 380 g/mol. The third kappa shape index (κ3) is 6.51. The van der Waals surface area contributed by atoms with Gasteiger partial charge in [0.05, 0.1) is 10.6 Å². The zero-order valence-electron chi connectivity index (χ0n) is 16.6. The summed E-state index contributed by atoms with van der Waals surface area (Å²) in [6.45, 7) is 4.71. The predicted molar refractivity (Wildman–Crippen MR) is 108 cm³/mol. The van der Waals surface area contributed by atoms with E-state index in [4.69, 9.17) is 16.3 Å². The first-order valence-electron chi connectivity index (χ1n) is 9.90. The predicted octanol–water partition coefficient (Wildman–Crippen LogP) is 3.43. The summed E-state index contributed by atoms with van der Waals surface area (Å²) < 4.78 is 5.24. The zero-order chi connectivity index (χ0) is 20.5. The van der Waals surface area contributed by atoms with Crippen molar-refractivity contribution < 1.29 is 19.1 Å². The Labute approximate surface area is 171 Å². The van der Waals surface area contributed by atoms with Crippen LogP contribution in [0.15, 0.2) is 24.3 Å². The summed E-state index contributed by atoms with van der Waals surface area (Å²) in [7, 11) is 0. The number of halogens is 1. The number of rotatable bonds is 6. The molecule has 1 saturated heterocycles. The van der Waals surface area contributed by atoms with Crippen LogP contribution in [0.25, 0.3) is 0 Å². The minimum atomic E-state index is -0.857. The van der Waals surface area contributed by atoms with Crippen LogP contribution >= 0.6 is 11.6 Å². The lowest BCUT2D eigenvalue weighted by molar-refractivity contribution is -0.154. The number of benzene rings is 1. The first-order valence-corrected chi connectivity index (χ1v) is 10.3. The van der Waals surface area contributed by atoms with Gasteiger partial charge in [0.15, 0.2) is 6.61 Å². The van der Waals surface area contributed by atoms with Crippen molar-refractivity contribution in [1.82, 2.24) is 10.2 Å². The molecule has 0 aromatic heterocycles. The van der Waals surface area contributed by atoms with Gasteiger partial charge in [-0.2, -0.15) is 0 Å². The van der Waals surface area contributed by atoms with Crippen molar-refractivity contribution in [2.75, 3.05) is 19.7 Å². The molecule has 2 rings (SSSR count). The minimum Gasteiger partial charge on any atom is -0.454 e. The van der Waals surface area contributed by atoms with Crippen molar-refractivity contribution >= 4 is 29.4 Å². The van der Waals surface area contributed by atoms with Crippen LogP contribution in [0.2, 0.25) is 5.02 Å². The average molecular weight is 409 g/mol. The number of nitrogens with zero attached hydrogens (tertiary/aromatic N) is 1. The number of likely N-dealkylation sites (tertiary alicyclic amines) is 1. The van der Waals surface area contributed by atoms with E-state index in [9.17, 15) is 14.4 Å². The summed E-state index contributed by atoms with van der Waals surface area (Å²) in [5, 5.41) is 2.98. The van der Waals surface area contributed by atoms with Gasteiger partial charge < -0.3 is 15.0 Å². The van der Waals surface area contributed by atoms with E-state index >= 15 is 0 Å². The summed E-state index contributed by atoms with van der Waals surface area (Å²) in [6, 6.07) is 5.77. The molecule has 1 heterocycles. The zero-order valence-corrected chi connectivity index (χ0v) is 17.3. The van der Waals surface area contributed by atoms with Crippen LogP contribution < -0.4 is 5.32 Å². The molecular formula is C21H29ClN2O4. The maximum Gasteiger partial charge on any atom is 0.329 e. The molecule has 0 unspecified atom stereocenters. The SMILES string of the molecule is CC(C)[C@H](NC(=O)c1ccccc1Cl)C(=O)OCC(=O)N1CCCCCCC1. The number of hydrogen-bond donors (Lipinski definition) is 1. The third-order valence-electron chi connectivity index (χ3n) is 4.87. The van der Waals surface area contributed by atoms with E-state index in [1.807, 2.05) is 0 Å². The van der Waals surface area contributed by atoms with E-state index in [0.717, 1.165) is 25.7 Å². The highest BCUT2D eigenvalue weighted by Gasteiger charge is 2.28. The highest BCUT2D eigenvalue weighted by atomic mass is 35.5. The summed E-state index contributed by atoms with van der Waals surface area (Å²) in [5.74, 6) is -1.45. The lowest BCUT2D eigenvalue weighted by Gasteiger charge is -2.25. The molecule has 154 valence electrons. The summed E-state index contributed by atoms with van der Waals surface area (Å²) in [6.07, 6.45) is 5.39. The van der Waals surface area contributed by atoms with Gasteiger partial charge in [-0.1, -0.05) is 56.8 Å². The van der Waals surface area contributed by atoms with Gasteiger partial charge in [0.25, 0.3) is 11.8 Å². The largest absolute Gasteiger partial charge is 0.454 e. The number of ether oxygens (including phenoxy) is 1. The number of carbonyl (C=O) groups excluding carboxylic acids is 3. The molecule has 1 aromatic rings. The summed E-state index contributed by atoms with van der Waals surface area (Å²) in [5.41, 5.74) is 0.291. The molecule has 6 nitrogen and oxygen atoms in total. The second-order valence-corrected chi connectivity index (χ2v) is 7.84. The molecule has 28 heavy (non-hydrogen) atoms. The number of esters is 1. The standard InChI is InChI=1S/C21H29ClN2O4/c1-15(2)19(23-20(26)16-10-6-7-11-17(16)22)21(27)28-14-18(25)24-12-8-4-3-5-9-13-24/h6-7,10-11,15,19H,3-5,8-9,12-14H2,1-2H3,(H,23,26)/t19-/m0/s1. The normalized spacial score (nSPS) is 16.1. The maximum atomic E-state index is 12.5. The molecule has 0 saturated carbocycles. The van der Waals surface area contributed by atoms with E-state index in [0.29, 0.717) is 23.7 Å². The smallest absolute Gasteiger partial charge is 0.329 e. The molecule has 1 atom stereocenters. The summed E-state index contributed by atoms with van der Waals surface area (Å²) in [4.78, 5) is 39.1.